The number of carbonyl (C=O) groups excluding carboxylic acids is 1. The molecular formula is C23H21N5O2S. The lowest BCUT2D eigenvalue weighted by molar-refractivity contribution is 0.102. The Labute approximate surface area is 184 Å². The van der Waals surface area contributed by atoms with E-state index in [-0.39, 0.29) is 17.0 Å². The van der Waals surface area contributed by atoms with Crippen molar-refractivity contribution in [1.29, 1.82) is 5.26 Å². The Bertz CT molecular complexity index is 1260. The number of nitriles is 1. The molecule has 0 radical (unpaired) electrons. The van der Waals surface area contributed by atoms with E-state index in [1.165, 1.54) is 17.8 Å². The van der Waals surface area contributed by atoms with Gasteiger partial charge in [-0.3, -0.25) is 9.59 Å². The molecule has 156 valence electrons. The van der Waals surface area contributed by atoms with E-state index in [1.807, 2.05) is 19.2 Å². The van der Waals surface area contributed by atoms with Gasteiger partial charge in [0.05, 0.1) is 11.1 Å². The molecule has 1 aromatic carbocycles. The number of benzene rings is 1. The van der Waals surface area contributed by atoms with Gasteiger partial charge in [0.1, 0.15) is 16.9 Å². The van der Waals surface area contributed by atoms with Crippen LogP contribution in [0.5, 0.6) is 0 Å². The van der Waals surface area contributed by atoms with E-state index in [4.69, 9.17) is 0 Å². The van der Waals surface area contributed by atoms with Gasteiger partial charge >= 0.3 is 0 Å². The first-order valence-corrected chi connectivity index (χ1v) is 11.3. The standard InChI is InChI=1S/C23H21N5O2S/c1-3-15-10-20(29)28-21(25-15)14-5-4-6-16(9-14)26-22(30)17-11-19(13-7-8-13)27-23(31-2)18(17)12-24/h4-6,9-11,13H,3,7-8H2,1-2H3,(H,26,30)(H,25,28,29). The maximum atomic E-state index is 13.1. The molecule has 1 aliphatic rings. The van der Waals surface area contributed by atoms with Gasteiger partial charge in [0.2, 0.25) is 0 Å². The molecule has 1 aliphatic carbocycles. The van der Waals surface area contributed by atoms with Crippen LogP contribution in [0.2, 0.25) is 0 Å². The second-order valence-electron chi connectivity index (χ2n) is 7.34. The first-order chi connectivity index (χ1) is 15.0. The second kappa shape index (κ2) is 8.74. The SMILES string of the molecule is CCc1cc(=O)[nH]c(-c2cccc(NC(=O)c3cc(C4CC4)nc(SC)c3C#N)c2)n1. The van der Waals surface area contributed by atoms with Crippen LogP contribution in [-0.4, -0.2) is 27.1 Å². The molecule has 1 amide bonds. The van der Waals surface area contributed by atoms with E-state index in [1.54, 1.807) is 24.3 Å². The van der Waals surface area contributed by atoms with E-state index in [2.05, 4.69) is 26.3 Å². The highest BCUT2D eigenvalue weighted by Crippen LogP contribution is 2.40. The highest BCUT2D eigenvalue weighted by atomic mass is 32.2. The summed E-state index contributed by atoms with van der Waals surface area (Å²) in [6, 6.07) is 12.4. The van der Waals surface area contributed by atoms with Crippen LogP contribution in [0.25, 0.3) is 11.4 Å². The summed E-state index contributed by atoms with van der Waals surface area (Å²) in [6.07, 6.45) is 4.60. The van der Waals surface area contributed by atoms with Crippen LogP contribution in [0.3, 0.4) is 0 Å². The van der Waals surface area contributed by atoms with E-state index < -0.39 is 0 Å². The molecule has 2 aromatic heterocycles. The Morgan fingerprint density at radius 1 is 1.29 bits per heavy atom. The Morgan fingerprint density at radius 3 is 2.77 bits per heavy atom. The van der Waals surface area contributed by atoms with E-state index >= 15 is 0 Å². The fourth-order valence-electron chi connectivity index (χ4n) is 3.33. The smallest absolute Gasteiger partial charge is 0.257 e. The number of pyridine rings is 1. The Balaban J connectivity index is 1.67. The number of amides is 1. The molecule has 0 aliphatic heterocycles. The highest BCUT2D eigenvalue weighted by Gasteiger charge is 2.28. The van der Waals surface area contributed by atoms with Crippen molar-refractivity contribution in [1.82, 2.24) is 15.0 Å². The fourth-order valence-corrected chi connectivity index (χ4v) is 3.89. The zero-order chi connectivity index (χ0) is 22.0. The Morgan fingerprint density at radius 2 is 2.10 bits per heavy atom. The maximum absolute atomic E-state index is 13.1. The number of rotatable bonds is 6. The van der Waals surface area contributed by atoms with Gasteiger partial charge in [-0.05, 0) is 43.7 Å². The Kier molecular flexibility index (Phi) is 5.87. The average molecular weight is 432 g/mol. The predicted octanol–water partition coefficient (Wildman–Crippen LogP) is 4.12. The van der Waals surface area contributed by atoms with Crippen LogP contribution < -0.4 is 10.9 Å². The monoisotopic (exact) mass is 431 g/mol. The largest absolute Gasteiger partial charge is 0.322 e. The summed E-state index contributed by atoms with van der Waals surface area (Å²) in [5.74, 6) is 0.446. The molecule has 0 atom stereocenters. The van der Waals surface area contributed by atoms with Crippen LogP contribution in [0.4, 0.5) is 5.69 Å². The number of aryl methyl sites for hydroxylation is 1. The lowest BCUT2D eigenvalue weighted by Crippen LogP contribution is -2.15. The summed E-state index contributed by atoms with van der Waals surface area (Å²) >= 11 is 1.37. The second-order valence-corrected chi connectivity index (χ2v) is 8.13. The summed E-state index contributed by atoms with van der Waals surface area (Å²) in [5, 5.41) is 13.1. The number of anilines is 1. The third kappa shape index (κ3) is 4.52. The number of aromatic amines is 1. The van der Waals surface area contributed by atoms with Crippen LogP contribution in [-0.2, 0) is 6.42 Å². The van der Waals surface area contributed by atoms with Gasteiger partial charge < -0.3 is 10.3 Å². The molecule has 0 spiro atoms. The maximum Gasteiger partial charge on any atom is 0.257 e. The van der Waals surface area contributed by atoms with E-state index in [9.17, 15) is 14.9 Å². The molecule has 2 N–H and O–H groups in total. The molecule has 4 rings (SSSR count). The predicted molar refractivity (Wildman–Crippen MR) is 120 cm³/mol. The van der Waals surface area contributed by atoms with Crippen molar-refractivity contribution in [2.45, 2.75) is 37.1 Å². The molecule has 0 saturated heterocycles. The number of thioether (sulfide) groups is 1. The molecular weight excluding hydrogens is 410 g/mol. The van der Waals surface area contributed by atoms with Gasteiger partial charge in [-0.15, -0.1) is 11.8 Å². The number of nitrogens with zero attached hydrogens (tertiary/aromatic N) is 3. The first kappa shape index (κ1) is 20.8. The lowest BCUT2D eigenvalue weighted by Gasteiger charge is -2.12. The van der Waals surface area contributed by atoms with Crippen molar-refractivity contribution in [3.63, 3.8) is 0 Å². The minimum atomic E-state index is -0.364. The third-order valence-electron chi connectivity index (χ3n) is 5.10. The van der Waals surface area contributed by atoms with E-state index in [0.29, 0.717) is 45.7 Å². The topological polar surface area (TPSA) is 112 Å². The number of hydrogen-bond donors (Lipinski definition) is 2. The molecule has 3 aromatic rings. The zero-order valence-electron chi connectivity index (χ0n) is 17.2. The molecule has 2 heterocycles. The van der Waals surface area contributed by atoms with Crippen LogP contribution in [0.15, 0.2) is 46.2 Å². The molecule has 1 fully saturated rings. The number of aromatic nitrogens is 3. The van der Waals surface area contributed by atoms with Gasteiger partial charge in [0.25, 0.3) is 11.5 Å². The number of H-pyrrole nitrogens is 1. The van der Waals surface area contributed by atoms with Gasteiger partial charge in [0, 0.05) is 34.6 Å². The zero-order valence-corrected chi connectivity index (χ0v) is 18.0. The van der Waals surface area contributed by atoms with Gasteiger partial charge in [0.15, 0.2) is 0 Å². The van der Waals surface area contributed by atoms with Crippen LogP contribution in [0.1, 0.15) is 53.0 Å². The normalized spacial score (nSPS) is 12.9. The molecule has 1 saturated carbocycles. The van der Waals surface area contributed by atoms with Crippen LogP contribution >= 0.6 is 11.8 Å². The molecule has 0 unspecified atom stereocenters. The third-order valence-corrected chi connectivity index (χ3v) is 5.78. The fraction of sp³-hybridized carbons (Fsp3) is 0.261. The van der Waals surface area contributed by atoms with Crippen molar-refractivity contribution in [2.75, 3.05) is 11.6 Å². The summed E-state index contributed by atoms with van der Waals surface area (Å²) in [4.78, 5) is 36.8. The number of nitrogens with one attached hydrogen (secondary N) is 2. The summed E-state index contributed by atoms with van der Waals surface area (Å²) in [7, 11) is 0. The van der Waals surface area contributed by atoms with Crippen molar-refractivity contribution in [2.24, 2.45) is 0 Å². The quantitative estimate of drug-likeness (QED) is 0.568. The molecule has 7 nitrogen and oxygen atoms in total. The number of hydrogen-bond acceptors (Lipinski definition) is 6. The van der Waals surface area contributed by atoms with Crippen molar-refractivity contribution in [3.8, 4) is 17.5 Å². The molecule has 31 heavy (non-hydrogen) atoms. The van der Waals surface area contributed by atoms with Crippen LogP contribution in [0, 0.1) is 11.3 Å². The van der Waals surface area contributed by atoms with Gasteiger partial charge in [-0.2, -0.15) is 5.26 Å². The minimum absolute atomic E-state index is 0.219. The molecule has 8 heteroatoms. The molecule has 0 bridgehead atoms. The van der Waals surface area contributed by atoms with Gasteiger partial charge in [-0.1, -0.05) is 19.1 Å². The average Bonchev–Trinajstić information content (AvgIpc) is 3.63. The Hall–Kier alpha value is -3.44. The number of carbonyl (C=O) groups is 1. The van der Waals surface area contributed by atoms with Crippen molar-refractivity contribution in [3.05, 3.63) is 69.3 Å². The first-order valence-electron chi connectivity index (χ1n) is 10.0. The van der Waals surface area contributed by atoms with Gasteiger partial charge in [-0.25, -0.2) is 9.97 Å². The van der Waals surface area contributed by atoms with Crippen molar-refractivity contribution >= 4 is 23.4 Å². The lowest BCUT2D eigenvalue weighted by atomic mass is 10.1. The minimum Gasteiger partial charge on any atom is -0.322 e. The van der Waals surface area contributed by atoms with E-state index in [0.717, 1.165) is 18.5 Å². The van der Waals surface area contributed by atoms with Crippen molar-refractivity contribution < 1.29 is 4.79 Å². The summed E-state index contributed by atoms with van der Waals surface area (Å²) in [6.45, 7) is 1.93. The highest BCUT2D eigenvalue weighted by molar-refractivity contribution is 7.98. The summed E-state index contributed by atoms with van der Waals surface area (Å²) in [5.41, 5.74) is 3.18. The summed E-state index contributed by atoms with van der Waals surface area (Å²) < 4.78 is 0.